The van der Waals surface area contributed by atoms with Crippen molar-refractivity contribution in [2.45, 2.75) is 19.9 Å². The number of benzene rings is 2. The molecular formula is C20H18ClFN2O3. The number of halogens is 2. The Labute approximate surface area is 161 Å². The molecule has 3 aromatic rings. The largest absolute Gasteiger partial charge is 0.497 e. The van der Waals surface area contributed by atoms with Crippen LogP contribution in [-0.2, 0) is 0 Å². The van der Waals surface area contributed by atoms with Crippen molar-refractivity contribution in [1.29, 1.82) is 0 Å². The summed E-state index contributed by atoms with van der Waals surface area (Å²) in [6.45, 7) is 3.43. The molecule has 5 nitrogen and oxygen atoms in total. The number of methoxy groups -OCH3 is 1. The van der Waals surface area contributed by atoms with Gasteiger partial charge in [0.2, 0.25) is 0 Å². The molecule has 3 rings (SSSR count). The lowest BCUT2D eigenvalue weighted by Crippen LogP contribution is -2.27. The molecule has 0 unspecified atom stereocenters. The lowest BCUT2D eigenvalue weighted by molar-refractivity contribution is 0.0939. The number of ether oxygens (including phenoxy) is 1. The Kier molecular flexibility index (Phi) is 5.46. The Balaban J connectivity index is 1.93. The number of aryl methyl sites for hydroxylation is 1. The quantitative estimate of drug-likeness (QED) is 0.672. The van der Waals surface area contributed by atoms with Crippen molar-refractivity contribution < 1.29 is 18.4 Å². The van der Waals surface area contributed by atoms with E-state index in [0.29, 0.717) is 5.75 Å². The molecule has 0 spiro atoms. The second-order valence-corrected chi connectivity index (χ2v) is 6.44. The van der Waals surface area contributed by atoms with Gasteiger partial charge in [0, 0.05) is 0 Å². The van der Waals surface area contributed by atoms with E-state index < -0.39 is 11.7 Å². The van der Waals surface area contributed by atoms with E-state index in [-0.39, 0.29) is 33.6 Å². The maximum absolute atomic E-state index is 14.3. The van der Waals surface area contributed by atoms with Crippen LogP contribution in [0.4, 0.5) is 4.39 Å². The predicted molar refractivity (Wildman–Crippen MR) is 101 cm³/mol. The SMILES string of the molecule is COc1cccc([C@@H](C)NC(=O)c2c(-c3c(F)cccc3Cl)noc2C)c1. The van der Waals surface area contributed by atoms with Crippen molar-refractivity contribution in [3.63, 3.8) is 0 Å². The molecule has 0 fully saturated rings. The molecule has 0 saturated heterocycles. The standard InChI is InChI=1S/C20H18ClFN2O3/c1-11(13-6-4-7-14(10-13)26-3)23-20(25)17-12(2)27-24-19(17)18-15(21)8-5-9-16(18)22/h4-11H,1-3H3,(H,23,25)/t11-/m1/s1. The number of nitrogens with zero attached hydrogens (tertiary/aromatic N) is 1. The number of hydrogen-bond donors (Lipinski definition) is 1. The Morgan fingerprint density at radius 3 is 2.74 bits per heavy atom. The summed E-state index contributed by atoms with van der Waals surface area (Å²) in [5.74, 6) is -0.0441. The fourth-order valence-electron chi connectivity index (χ4n) is 2.80. The number of amides is 1. The number of nitrogens with one attached hydrogen (secondary N) is 1. The van der Waals surface area contributed by atoms with Gasteiger partial charge >= 0.3 is 0 Å². The van der Waals surface area contributed by atoms with E-state index >= 15 is 0 Å². The second-order valence-electron chi connectivity index (χ2n) is 6.03. The molecule has 0 aliphatic heterocycles. The van der Waals surface area contributed by atoms with Gasteiger partial charge in [-0.05, 0) is 43.7 Å². The molecule has 0 bridgehead atoms. The molecule has 1 aromatic heterocycles. The highest BCUT2D eigenvalue weighted by Gasteiger charge is 2.26. The molecule has 1 N–H and O–H groups in total. The molecule has 7 heteroatoms. The monoisotopic (exact) mass is 388 g/mol. The molecule has 0 radical (unpaired) electrons. The van der Waals surface area contributed by atoms with Gasteiger partial charge in [-0.2, -0.15) is 0 Å². The predicted octanol–water partition coefficient (Wildman–Crippen LogP) is 4.94. The number of aromatic nitrogens is 1. The first kappa shape index (κ1) is 18.9. The summed E-state index contributed by atoms with van der Waals surface area (Å²) in [6.07, 6.45) is 0. The first-order valence-corrected chi connectivity index (χ1v) is 8.65. The van der Waals surface area contributed by atoms with Crippen LogP contribution in [-0.4, -0.2) is 18.2 Å². The Hall–Kier alpha value is -2.86. The smallest absolute Gasteiger partial charge is 0.257 e. The van der Waals surface area contributed by atoms with Crippen LogP contribution in [0.25, 0.3) is 11.3 Å². The molecule has 1 heterocycles. The summed E-state index contributed by atoms with van der Waals surface area (Å²) in [5.41, 5.74) is 1.13. The van der Waals surface area contributed by atoms with Crippen molar-refractivity contribution in [3.8, 4) is 17.0 Å². The van der Waals surface area contributed by atoms with E-state index in [0.717, 1.165) is 5.56 Å². The van der Waals surface area contributed by atoms with Crippen molar-refractivity contribution in [2.24, 2.45) is 0 Å². The minimum Gasteiger partial charge on any atom is -0.497 e. The zero-order valence-electron chi connectivity index (χ0n) is 15.0. The van der Waals surface area contributed by atoms with E-state index in [2.05, 4.69) is 10.5 Å². The fourth-order valence-corrected chi connectivity index (χ4v) is 3.05. The zero-order chi connectivity index (χ0) is 19.6. The number of carbonyl (C=O) groups is 1. The highest BCUT2D eigenvalue weighted by molar-refractivity contribution is 6.33. The average molecular weight is 389 g/mol. The van der Waals surface area contributed by atoms with Gasteiger partial charge in [-0.1, -0.05) is 35.0 Å². The van der Waals surface area contributed by atoms with Crippen LogP contribution in [0.1, 0.15) is 34.6 Å². The zero-order valence-corrected chi connectivity index (χ0v) is 15.8. The third kappa shape index (κ3) is 3.80. The van der Waals surface area contributed by atoms with Gasteiger partial charge in [-0.25, -0.2) is 4.39 Å². The molecule has 1 atom stereocenters. The molecule has 0 aliphatic carbocycles. The summed E-state index contributed by atoms with van der Waals surface area (Å²) in [4.78, 5) is 12.9. The van der Waals surface area contributed by atoms with Gasteiger partial charge in [0.15, 0.2) is 0 Å². The molecule has 1 amide bonds. The maximum Gasteiger partial charge on any atom is 0.257 e. The van der Waals surface area contributed by atoms with E-state index in [1.165, 1.54) is 18.2 Å². The normalized spacial score (nSPS) is 11.9. The van der Waals surface area contributed by atoms with E-state index in [9.17, 15) is 9.18 Å². The highest BCUT2D eigenvalue weighted by Crippen LogP contribution is 2.33. The molecule has 0 saturated carbocycles. The fraction of sp³-hybridized carbons (Fsp3) is 0.200. The van der Waals surface area contributed by atoms with Crippen LogP contribution in [0, 0.1) is 12.7 Å². The lowest BCUT2D eigenvalue weighted by atomic mass is 10.0. The van der Waals surface area contributed by atoms with Crippen LogP contribution in [0.15, 0.2) is 47.0 Å². The van der Waals surface area contributed by atoms with Crippen molar-refractivity contribution in [2.75, 3.05) is 7.11 Å². The topological polar surface area (TPSA) is 64.4 Å². The summed E-state index contributed by atoms with van der Waals surface area (Å²) in [6, 6.07) is 11.3. The summed E-state index contributed by atoms with van der Waals surface area (Å²) >= 11 is 6.12. The lowest BCUT2D eigenvalue weighted by Gasteiger charge is -2.15. The first-order valence-electron chi connectivity index (χ1n) is 8.27. The minimum atomic E-state index is -0.578. The molecule has 2 aromatic carbocycles. The number of carbonyl (C=O) groups excluding carboxylic acids is 1. The van der Waals surface area contributed by atoms with Crippen LogP contribution in [0.2, 0.25) is 5.02 Å². The molecular weight excluding hydrogens is 371 g/mol. The molecule has 140 valence electrons. The molecule has 27 heavy (non-hydrogen) atoms. The summed E-state index contributed by atoms with van der Waals surface area (Å²) in [7, 11) is 1.58. The number of rotatable bonds is 5. The van der Waals surface area contributed by atoms with Crippen LogP contribution in [0.3, 0.4) is 0 Å². The van der Waals surface area contributed by atoms with E-state index in [4.69, 9.17) is 20.9 Å². The minimum absolute atomic E-state index is 0.0372. The third-order valence-corrected chi connectivity index (χ3v) is 4.55. The summed E-state index contributed by atoms with van der Waals surface area (Å²) < 4.78 is 24.6. The van der Waals surface area contributed by atoms with Gasteiger partial charge in [0.05, 0.1) is 23.7 Å². The van der Waals surface area contributed by atoms with Crippen molar-refractivity contribution in [1.82, 2.24) is 10.5 Å². The Morgan fingerprint density at radius 2 is 2.04 bits per heavy atom. The van der Waals surface area contributed by atoms with Gasteiger partial charge in [-0.3, -0.25) is 4.79 Å². The van der Waals surface area contributed by atoms with E-state index in [1.807, 2.05) is 31.2 Å². The van der Waals surface area contributed by atoms with Gasteiger partial charge in [-0.15, -0.1) is 0 Å². The van der Waals surface area contributed by atoms with Crippen molar-refractivity contribution in [3.05, 3.63) is 70.2 Å². The third-order valence-electron chi connectivity index (χ3n) is 4.23. The maximum atomic E-state index is 14.3. The average Bonchev–Trinajstić information content (AvgIpc) is 3.03. The van der Waals surface area contributed by atoms with Gasteiger partial charge in [0.25, 0.3) is 5.91 Å². The number of hydrogen-bond acceptors (Lipinski definition) is 4. The van der Waals surface area contributed by atoms with Gasteiger partial charge < -0.3 is 14.6 Å². The van der Waals surface area contributed by atoms with Crippen molar-refractivity contribution >= 4 is 17.5 Å². The van der Waals surface area contributed by atoms with E-state index in [1.54, 1.807) is 14.0 Å². The van der Waals surface area contributed by atoms with Crippen LogP contribution < -0.4 is 10.1 Å². The molecule has 0 aliphatic rings. The summed E-state index contributed by atoms with van der Waals surface area (Å²) in [5, 5.41) is 6.89. The van der Waals surface area contributed by atoms with Gasteiger partial charge in [0.1, 0.15) is 28.6 Å². The van der Waals surface area contributed by atoms with Crippen LogP contribution >= 0.6 is 11.6 Å². The Morgan fingerprint density at radius 1 is 1.30 bits per heavy atom. The second kappa shape index (κ2) is 7.80. The first-order chi connectivity index (χ1) is 12.9. The Bertz CT molecular complexity index is 967. The highest BCUT2D eigenvalue weighted by atomic mass is 35.5. The van der Waals surface area contributed by atoms with Crippen LogP contribution in [0.5, 0.6) is 5.75 Å².